The lowest BCUT2D eigenvalue weighted by atomic mass is 10.2. The van der Waals surface area contributed by atoms with Gasteiger partial charge in [0.2, 0.25) is 0 Å². The molecule has 0 N–H and O–H groups in total. The van der Waals surface area contributed by atoms with E-state index in [1.807, 2.05) is 42.1 Å². The summed E-state index contributed by atoms with van der Waals surface area (Å²) in [5.41, 5.74) is 1.11. The molecule has 2 unspecified atom stereocenters. The quantitative estimate of drug-likeness (QED) is 0.633. The fourth-order valence-corrected chi connectivity index (χ4v) is 2.90. The number of hydrogen-bond acceptors (Lipinski definition) is 3. The van der Waals surface area contributed by atoms with Crippen molar-refractivity contribution in [2.24, 2.45) is 0 Å². The van der Waals surface area contributed by atoms with Gasteiger partial charge in [-0.1, -0.05) is 56.2 Å². The zero-order chi connectivity index (χ0) is 14.0. The smallest absolute Gasteiger partial charge is 0.184 e. The average molecular weight is 292 g/mol. The summed E-state index contributed by atoms with van der Waals surface area (Å²) in [4.78, 5) is 0. The number of ether oxygens (including phenoxy) is 2. The van der Waals surface area contributed by atoms with E-state index in [9.17, 15) is 0 Å². The number of hydrogen-bond donors (Lipinski definition) is 0. The van der Waals surface area contributed by atoms with Gasteiger partial charge in [0, 0.05) is 11.3 Å². The van der Waals surface area contributed by atoms with Crippen molar-refractivity contribution in [3.63, 3.8) is 0 Å². The lowest BCUT2D eigenvalue weighted by Crippen LogP contribution is -2.12. The molecule has 0 aromatic heterocycles. The zero-order valence-corrected chi connectivity index (χ0v) is 13.0. The van der Waals surface area contributed by atoms with Crippen molar-refractivity contribution in [1.82, 2.24) is 0 Å². The van der Waals surface area contributed by atoms with Crippen molar-refractivity contribution in [1.29, 1.82) is 0 Å². The third-order valence-corrected chi connectivity index (χ3v) is 4.22. The molecule has 2 rings (SSSR count). The van der Waals surface area contributed by atoms with Crippen LogP contribution in [0.15, 0.2) is 41.8 Å². The van der Waals surface area contributed by atoms with Gasteiger partial charge in [-0.25, -0.2) is 0 Å². The largest absolute Gasteiger partial charge is 0.346 e. The van der Waals surface area contributed by atoms with Crippen molar-refractivity contribution in [2.45, 2.75) is 45.0 Å². The average Bonchev–Trinajstić information content (AvgIpc) is 2.96. The second kappa shape index (κ2) is 9.22. The highest BCUT2D eigenvalue weighted by Crippen LogP contribution is 2.28. The molecule has 0 bridgehead atoms. The van der Waals surface area contributed by atoms with Crippen LogP contribution in [-0.2, 0) is 9.47 Å². The number of unbranched alkanes of at least 4 members (excludes halogenated alkanes) is 3. The third-order valence-electron chi connectivity index (χ3n) is 3.27. The number of allylic oxidation sites excluding steroid dienone is 1. The Morgan fingerprint density at radius 3 is 2.90 bits per heavy atom. The Morgan fingerprint density at radius 1 is 1.25 bits per heavy atom. The van der Waals surface area contributed by atoms with Gasteiger partial charge >= 0.3 is 0 Å². The molecule has 1 aromatic rings. The molecule has 0 spiro atoms. The molecule has 110 valence electrons. The van der Waals surface area contributed by atoms with Crippen LogP contribution in [0.1, 0.15) is 44.5 Å². The first kappa shape index (κ1) is 15.6. The predicted octanol–water partition coefficient (Wildman–Crippen LogP) is 4.93. The van der Waals surface area contributed by atoms with Crippen molar-refractivity contribution < 1.29 is 9.47 Å². The second-order valence-corrected chi connectivity index (χ2v) is 5.97. The maximum absolute atomic E-state index is 5.92. The van der Waals surface area contributed by atoms with E-state index in [2.05, 4.69) is 18.4 Å². The van der Waals surface area contributed by atoms with Gasteiger partial charge in [0.1, 0.15) is 0 Å². The summed E-state index contributed by atoms with van der Waals surface area (Å²) in [7, 11) is 0. The van der Waals surface area contributed by atoms with Crippen molar-refractivity contribution in [3.8, 4) is 0 Å². The topological polar surface area (TPSA) is 18.5 Å². The van der Waals surface area contributed by atoms with Gasteiger partial charge < -0.3 is 9.47 Å². The van der Waals surface area contributed by atoms with Crippen LogP contribution in [0.5, 0.6) is 0 Å². The summed E-state index contributed by atoms with van der Waals surface area (Å²) in [5.74, 6) is 0.966. The summed E-state index contributed by atoms with van der Waals surface area (Å²) >= 11 is 1.82. The highest BCUT2D eigenvalue weighted by atomic mass is 32.2. The lowest BCUT2D eigenvalue weighted by Gasteiger charge is -2.10. The number of rotatable bonds is 8. The molecule has 2 nitrogen and oxygen atoms in total. The van der Waals surface area contributed by atoms with Crippen LogP contribution in [0.2, 0.25) is 0 Å². The van der Waals surface area contributed by atoms with Gasteiger partial charge in [0.25, 0.3) is 0 Å². The molecule has 0 aliphatic carbocycles. The molecule has 3 heteroatoms. The van der Waals surface area contributed by atoms with Crippen LogP contribution in [0, 0.1) is 0 Å². The summed E-state index contributed by atoms with van der Waals surface area (Å²) in [6.07, 6.45) is 7.39. The standard InChI is InChI=1S/C17H24O2S/c1-2-3-4-5-9-12-20-14-16-13-18-17(19-16)15-10-7-6-8-11-15/h6-12,16-17H,2-5,13-14H2,1H3. The predicted molar refractivity (Wildman–Crippen MR) is 85.7 cm³/mol. The van der Waals surface area contributed by atoms with Crippen molar-refractivity contribution >= 4 is 11.8 Å². The van der Waals surface area contributed by atoms with E-state index in [4.69, 9.17) is 9.47 Å². The summed E-state index contributed by atoms with van der Waals surface area (Å²) < 4.78 is 11.6. The monoisotopic (exact) mass is 292 g/mol. The molecule has 1 fully saturated rings. The highest BCUT2D eigenvalue weighted by Gasteiger charge is 2.26. The van der Waals surface area contributed by atoms with Crippen LogP contribution >= 0.6 is 11.8 Å². The number of thioether (sulfide) groups is 1. The molecular formula is C17H24O2S. The van der Waals surface area contributed by atoms with Gasteiger partial charge in [-0.2, -0.15) is 0 Å². The molecule has 0 amide bonds. The number of benzene rings is 1. The maximum Gasteiger partial charge on any atom is 0.184 e. The van der Waals surface area contributed by atoms with Gasteiger partial charge in [-0.15, -0.1) is 11.8 Å². The van der Waals surface area contributed by atoms with E-state index in [0.29, 0.717) is 6.61 Å². The minimum absolute atomic E-state index is 0.185. The van der Waals surface area contributed by atoms with E-state index < -0.39 is 0 Å². The Kier molecular flexibility index (Phi) is 7.20. The zero-order valence-electron chi connectivity index (χ0n) is 12.2. The first-order chi connectivity index (χ1) is 9.90. The molecule has 1 aromatic carbocycles. The molecule has 0 saturated carbocycles. The van der Waals surface area contributed by atoms with Gasteiger partial charge in [-0.3, -0.25) is 0 Å². The molecule has 1 saturated heterocycles. The molecule has 0 radical (unpaired) electrons. The van der Waals surface area contributed by atoms with Gasteiger partial charge in [0.15, 0.2) is 6.29 Å². The Balaban J connectivity index is 1.62. The van der Waals surface area contributed by atoms with Crippen LogP contribution in [0.4, 0.5) is 0 Å². The first-order valence-corrected chi connectivity index (χ1v) is 8.53. The SMILES string of the molecule is CCCCCC=CSCC1COC(c2ccccc2)O1. The van der Waals surface area contributed by atoms with E-state index in [0.717, 1.165) is 11.3 Å². The molecule has 1 aliphatic heterocycles. The lowest BCUT2D eigenvalue weighted by molar-refractivity contribution is -0.0565. The van der Waals surface area contributed by atoms with Gasteiger partial charge in [0.05, 0.1) is 12.7 Å². The van der Waals surface area contributed by atoms with Gasteiger partial charge in [-0.05, 0) is 18.2 Å². The third kappa shape index (κ3) is 5.31. The highest BCUT2D eigenvalue weighted by molar-refractivity contribution is 8.02. The molecule has 2 atom stereocenters. The van der Waals surface area contributed by atoms with E-state index >= 15 is 0 Å². The molecular weight excluding hydrogens is 268 g/mol. The van der Waals surface area contributed by atoms with E-state index in [-0.39, 0.29) is 12.4 Å². The molecule has 1 aliphatic rings. The second-order valence-electron chi connectivity index (χ2n) is 5.03. The molecule has 1 heterocycles. The van der Waals surface area contributed by atoms with Crippen LogP contribution in [0.3, 0.4) is 0 Å². The maximum atomic E-state index is 5.92. The van der Waals surface area contributed by atoms with E-state index in [1.165, 1.54) is 25.7 Å². The summed E-state index contributed by atoms with van der Waals surface area (Å²) in [6, 6.07) is 10.1. The fourth-order valence-electron chi connectivity index (χ4n) is 2.13. The minimum atomic E-state index is -0.185. The van der Waals surface area contributed by atoms with Crippen LogP contribution in [-0.4, -0.2) is 18.5 Å². The van der Waals surface area contributed by atoms with E-state index in [1.54, 1.807) is 0 Å². The molecule has 20 heavy (non-hydrogen) atoms. The summed E-state index contributed by atoms with van der Waals surface area (Å²) in [5, 5.41) is 2.20. The Hall–Kier alpha value is -0.770. The van der Waals surface area contributed by atoms with Crippen LogP contribution in [0.25, 0.3) is 0 Å². The minimum Gasteiger partial charge on any atom is -0.346 e. The summed E-state index contributed by atoms with van der Waals surface area (Å²) in [6.45, 7) is 2.93. The fraction of sp³-hybridized carbons (Fsp3) is 0.529. The normalized spacial score (nSPS) is 22.6. The Labute approximate surface area is 126 Å². The first-order valence-electron chi connectivity index (χ1n) is 7.48. The Bertz CT molecular complexity index is 391. The Morgan fingerprint density at radius 2 is 2.10 bits per heavy atom. The van der Waals surface area contributed by atoms with Crippen molar-refractivity contribution in [3.05, 3.63) is 47.4 Å². The van der Waals surface area contributed by atoms with Crippen molar-refractivity contribution in [2.75, 3.05) is 12.4 Å². The van der Waals surface area contributed by atoms with Crippen LogP contribution < -0.4 is 0 Å².